The topological polar surface area (TPSA) is 83.9 Å². The highest BCUT2D eigenvalue weighted by Crippen LogP contribution is 2.30. The van der Waals surface area contributed by atoms with Crippen molar-refractivity contribution < 1.29 is 17.9 Å². The summed E-state index contributed by atoms with van der Waals surface area (Å²) < 4.78 is 35.3. The van der Waals surface area contributed by atoms with Crippen molar-refractivity contribution in [2.24, 2.45) is 0 Å². The van der Waals surface area contributed by atoms with E-state index >= 15 is 0 Å². The van der Waals surface area contributed by atoms with E-state index in [1.165, 1.54) is 16.1 Å². The van der Waals surface area contributed by atoms with Crippen molar-refractivity contribution in [1.82, 2.24) is 13.8 Å². The fourth-order valence-corrected chi connectivity index (χ4v) is 5.61. The zero-order valence-corrected chi connectivity index (χ0v) is 19.5. The predicted molar refractivity (Wildman–Crippen MR) is 121 cm³/mol. The van der Waals surface area contributed by atoms with E-state index in [1.807, 2.05) is 6.07 Å². The summed E-state index contributed by atoms with van der Waals surface area (Å²) >= 11 is 0. The molecule has 2 aromatic rings. The predicted octanol–water partition coefficient (Wildman–Crippen LogP) is 2.93. The van der Waals surface area contributed by atoms with Crippen molar-refractivity contribution in [2.75, 3.05) is 38.1 Å². The lowest BCUT2D eigenvalue weighted by molar-refractivity contribution is -0.118. The van der Waals surface area contributed by atoms with Gasteiger partial charge in [0.05, 0.1) is 13.2 Å². The number of hydrogen-bond acceptors (Lipinski definition) is 5. The molecule has 0 bridgehead atoms. The third-order valence-electron chi connectivity index (χ3n) is 5.67. The second-order valence-corrected chi connectivity index (χ2v) is 9.41. The van der Waals surface area contributed by atoms with Gasteiger partial charge in [-0.25, -0.2) is 8.42 Å². The number of ether oxygens (including phenoxy) is 1. The van der Waals surface area contributed by atoms with Gasteiger partial charge in [-0.15, -0.1) is 0 Å². The van der Waals surface area contributed by atoms with Crippen molar-refractivity contribution in [3.05, 3.63) is 42.2 Å². The number of sulfonamides is 1. The van der Waals surface area contributed by atoms with E-state index in [0.29, 0.717) is 25.4 Å². The molecule has 31 heavy (non-hydrogen) atoms. The quantitative estimate of drug-likeness (QED) is 0.638. The Kier molecular flexibility index (Phi) is 7.40. The average molecular weight is 449 g/mol. The van der Waals surface area contributed by atoms with E-state index in [9.17, 15) is 13.2 Å². The van der Waals surface area contributed by atoms with Gasteiger partial charge in [0.25, 0.3) is 0 Å². The van der Waals surface area contributed by atoms with Crippen molar-refractivity contribution in [3.8, 4) is 5.75 Å². The van der Waals surface area contributed by atoms with Gasteiger partial charge >= 0.3 is 0 Å². The molecular formula is C22H32N4O4S. The van der Waals surface area contributed by atoms with Gasteiger partial charge in [-0.2, -0.15) is 4.31 Å². The summed E-state index contributed by atoms with van der Waals surface area (Å²) in [5.41, 5.74) is 1.62. The van der Waals surface area contributed by atoms with Crippen molar-refractivity contribution >= 4 is 21.6 Å². The Morgan fingerprint density at radius 1 is 1.19 bits per heavy atom. The minimum Gasteiger partial charge on any atom is -0.492 e. The van der Waals surface area contributed by atoms with E-state index in [1.54, 1.807) is 32.9 Å². The largest absolute Gasteiger partial charge is 0.492 e. The Bertz CT molecular complexity index is 1010. The smallest absolute Gasteiger partial charge is 0.246 e. The first-order chi connectivity index (χ1) is 14.8. The molecule has 9 heteroatoms. The highest BCUT2D eigenvalue weighted by molar-refractivity contribution is 7.89. The molecule has 2 heterocycles. The van der Waals surface area contributed by atoms with Crippen molar-refractivity contribution in [3.63, 3.8) is 0 Å². The van der Waals surface area contributed by atoms with Crippen LogP contribution in [0.15, 0.2) is 41.4 Å². The van der Waals surface area contributed by atoms with Gasteiger partial charge in [-0.1, -0.05) is 13.8 Å². The van der Waals surface area contributed by atoms with Gasteiger partial charge in [0.2, 0.25) is 15.9 Å². The van der Waals surface area contributed by atoms with Crippen LogP contribution >= 0.6 is 0 Å². The first-order valence-corrected chi connectivity index (χ1v) is 12.2. The zero-order chi connectivity index (χ0) is 22.6. The van der Waals surface area contributed by atoms with Crippen LogP contribution in [0.5, 0.6) is 5.75 Å². The van der Waals surface area contributed by atoms with Gasteiger partial charge in [0.1, 0.15) is 10.6 Å². The lowest BCUT2D eigenvalue weighted by Crippen LogP contribution is -2.41. The molecule has 8 nitrogen and oxygen atoms in total. The molecule has 0 radical (unpaired) electrons. The minimum absolute atomic E-state index is 0.0695. The average Bonchev–Trinajstić information content (AvgIpc) is 3.22. The summed E-state index contributed by atoms with van der Waals surface area (Å²) in [5, 5.41) is 2.86. The van der Waals surface area contributed by atoms with Crippen LogP contribution < -0.4 is 10.1 Å². The maximum absolute atomic E-state index is 13.1. The summed E-state index contributed by atoms with van der Waals surface area (Å²) in [5.74, 6) is 0.111. The molecule has 1 amide bonds. The second-order valence-electron chi connectivity index (χ2n) is 7.50. The standard InChI is InChI=1S/C22H32N4O4S/c1-5-26(6-2)31(28,29)21-15-18(10-11-20(21)30-7-3)23-22(27)16-25-14-13-24-12-8-9-19(24)17(25)4/h8-12,15,17H,5-7,13-14,16H2,1-4H3,(H,23,27)/t17-/m0/s1. The van der Waals surface area contributed by atoms with Crippen LogP contribution in [0, 0.1) is 0 Å². The molecule has 1 atom stereocenters. The van der Waals surface area contributed by atoms with Crippen molar-refractivity contribution in [2.45, 2.75) is 45.2 Å². The van der Waals surface area contributed by atoms with Crippen LogP contribution in [0.1, 0.15) is 39.4 Å². The van der Waals surface area contributed by atoms with Crippen LogP contribution in [0.3, 0.4) is 0 Å². The molecule has 1 aliphatic rings. The molecule has 0 saturated heterocycles. The lowest BCUT2D eigenvalue weighted by Gasteiger charge is -2.34. The van der Waals surface area contributed by atoms with Gasteiger partial charge < -0.3 is 14.6 Å². The number of benzene rings is 1. The Labute approximate surface area is 184 Å². The number of carbonyl (C=O) groups is 1. The van der Waals surface area contributed by atoms with E-state index < -0.39 is 10.0 Å². The normalized spacial score (nSPS) is 16.9. The highest BCUT2D eigenvalue weighted by Gasteiger charge is 2.27. The molecule has 0 unspecified atom stereocenters. The number of nitrogens with zero attached hydrogens (tertiary/aromatic N) is 3. The number of carbonyl (C=O) groups excluding carboxylic acids is 1. The third-order valence-corrected chi connectivity index (χ3v) is 7.74. The fourth-order valence-electron chi connectivity index (χ4n) is 3.99. The number of fused-ring (bicyclic) bond motifs is 1. The van der Waals surface area contributed by atoms with Crippen LogP contribution in [0.2, 0.25) is 0 Å². The summed E-state index contributed by atoms with van der Waals surface area (Å²) in [4.78, 5) is 14.9. The number of hydrogen-bond donors (Lipinski definition) is 1. The zero-order valence-electron chi connectivity index (χ0n) is 18.7. The van der Waals surface area contributed by atoms with Gasteiger partial charge in [-0.3, -0.25) is 9.69 Å². The van der Waals surface area contributed by atoms with E-state index in [-0.39, 0.29) is 29.1 Å². The lowest BCUT2D eigenvalue weighted by atomic mass is 10.1. The first-order valence-electron chi connectivity index (χ1n) is 10.8. The fraction of sp³-hybridized carbons (Fsp3) is 0.500. The molecule has 1 aromatic carbocycles. The van der Waals surface area contributed by atoms with Crippen LogP contribution in [0.25, 0.3) is 0 Å². The molecule has 0 saturated carbocycles. The second kappa shape index (κ2) is 9.84. The number of amides is 1. The number of aromatic nitrogens is 1. The minimum atomic E-state index is -3.73. The summed E-state index contributed by atoms with van der Waals surface area (Å²) in [6, 6.07) is 8.99. The van der Waals surface area contributed by atoms with Gasteiger partial charge in [0, 0.05) is 49.8 Å². The summed E-state index contributed by atoms with van der Waals surface area (Å²) in [6.07, 6.45) is 2.06. The molecule has 170 valence electrons. The molecule has 0 aliphatic carbocycles. The monoisotopic (exact) mass is 448 g/mol. The Hall–Kier alpha value is -2.36. The molecular weight excluding hydrogens is 416 g/mol. The summed E-state index contributed by atoms with van der Waals surface area (Å²) in [7, 11) is -3.73. The van der Waals surface area contributed by atoms with Crippen LogP contribution in [-0.2, 0) is 21.4 Å². The SMILES string of the molecule is CCOc1ccc(NC(=O)CN2CCn3cccc3[C@@H]2C)cc1S(=O)(=O)N(CC)CC. The molecule has 3 rings (SSSR count). The number of anilines is 1. The number of nitrogens with one attached hydrogen (secondary N) is 1. The molecule has 1 aromatic heterocycles. The van der Waals surface area contributed by atoms with E-state index in [4.69, 9.17) is 4.74 Å². The van der Waals surface area contributed by atoms with Crippen LogP contribution in [-0.4, -0.2) is 60.9 Å². The summed E-state index contributed by atoms with van der Waals surface area (Å²) in [6.45, 7) is 10.4. The molecule has 0 fully saturated rings. The van der Waals surface area contributed by atoms with Gasteiger partial charge in [-0.05, 0) is 44.2 Å². The maximum atomic E-state index is 13.1. The van der Waals surface area contributed by atoms with Crippen molar-refractivity contribution in [1.29, 1.82) is 0 Å². The Balaban J connectivity index is 1.78. The van der Waals surface area contributed by atoms with E-state index in [0.717, 1.165) is 13.1 Å². The van der Waals surface area contributed by atoms with E-state index in [2.05, 4.69) is 34.0 Å². The highest BCUT2D eigenvalue weighted by atomic mass is 32.2. The molecule has 1 N–H and O–H groups in total. The third kappa shape index (κ3) is 4.94. The van der Waals surface area contributed by atoms with Gasteiger partial charge in [0.15, 0.2) is 0 Å². The van der Waals surface area contributed by atoms with Crippen LogP contribution in [0.4, 0.5) is 5.69 Å². The Morgan fingerprint density at radius 2 is 1.94 bits per heavy atom. The number of rotatable bonds is 9. The molecule has 0 spiro atoms. The molecule has 1 aliphatic heterocycles. The Morgan fingerprint density at radius 3 is 2.61 bits per heavy atom. The first kappa shape index (κ1) is 23.3. The maximum Gasteiger partial charge on any atom is 0.246 e.